The Kier molecular flexibility index (Phi) is 3.09. The van der Waals surface area contributed by atoms with Crippen molar-refractivity contribution in [3.05, 3.63) is 0 Å². The standard InChI is InChI=1S/C9H19NO2/c1-6-5-8(10(3)4)9(11)7(2)12-6/h6-9,11H,5H2,1-4H3/t6?,7-,8?,9?/m1/s1. The van der Waals surface area contributed by atoms with Crippen LogP contribution in [0.1, 0.15) is 20.3 Å². The summed E-state index contributed by atoms with van der Waals surface area (Å²) in [6.07, 6.45) is 0.784. The molecule has 0 aromatic heterocycles. The minimum Gasteiger partial charge on any atom is -0.389 e. The highest BCUT2D eigenvalue weighted by atomic mass is 16.5. The van der Waals surface area contributed by atoms with Gasteiger partial charge in [0.15, 0.2) is 0 Å². The first-order valence-corrected chi connectivity index (χ1v) is 4.52. The minimum absolute atomic E-state index is 0.0406. The van der Waals surface area contributed by atoms with Crippen molar-refractivity contribution >= 4 is 0 Å². The molecule has 0 aromatic rings. The van der Waals surface area contributed by atoms with E-state index in [1.165, 1.54) is 0 Å². The Morgan fingerprint density at radius 2 is 1.92 bits per heavy atom. The monoisotopic (exact) mass is 173 g/mol. The number of rotatable bonds is 1. The molecule has 0 aliphatic carbocycles. The molecule has 0 bridgehead atoms. The van der Waals surface area contributed by atoms with Gasteiger partial charge in [-0.25, -0.2) is 0 Å². The zero-order valence-corrected chi connectivity index (χ0v) is 8.32. The summed E-state index contributed by atoms with van der Waals surface area (Å²) in [6.45, 7) is 3.98. The highest BCUT2D eigenvalue weighted by Crippen LogP contribution is 2.22. The molecule has 3 nitrogen and oxygen atoms in total. The maximum absolute atomic E-state index is 9.76. The molecular weight excluding hydrogens is 154 g/mol. The lowest BCUT2D eigenvalue weighted by Gasteiger charge is -2.40. The maximum Gasteiger partial charge on any atom is 0.0954 e. The van der Waals surface area contributed by atoms with Crippen LogP contribution in [0.4, 0.5) is 0 Å². The van der Waals surface area contributed by atoms with Gasteiger partial charge < -0.3 is 14.7 Å². The number of aliphatic hydroxyl groups is 1. The van der Waals surface area contributed by atoms with Crippen LogP contribution in [0, 0.1) is 0 Å². The number of ether oxygens (including phenoxy) is 1. The van der Waals surface area contributed by atoms with E-state index in [9.17, 15) is 5.11 Å². The topological polar surface area (TPSA) is 32.7 Å². The Bertz CT molecular complexity index is 149. The van der Waals surface area contributed by atoms with E-state index in [4.69, 9.17) is 4.74 Å². The van der Waals surface area contributed by atoms with Crippen LogP contribution in [0.2, 0.25) is 0 Å². The predicted octanol–water partition coefficient (Wildman–Crippen LogP) is 0.475. The second-order valence-electron chi connectivity index (χ2n) is 3.91. The molecule has 1 heterocycles. The van der Waals surface area contributed by atoms with Gasteiger partial charge in [0.25, 0.3) is 0 Å². The first-order chi connectivity index (χ1) is 5.52. The van der Waals surface area contributed by atoms with Crippen molar-refractivity contribution in [3.8, 4) is 0 Å². The lowest BCUT2D eigenvalue weighted by molar-refractivity contribution is -0.134. The third-order valence-corrected chi connectivity index (χ3v) is 2.56. The van der Waals surface area contributed by atoms with Crippen LogP contribution < -0.4 is 0 Å². The van der Waals surface area contributed by atoms with E-state index in [2.05, 4.69) is 11.8 Å². The Morgan fingerprint density at radius 3 is 2.42 bits per heavy atom. The van der Waals surface area contributed by atoms with Gasteiger partial charge in [-0.1, -0.05) is 0 Å². The summed E-state index contributed by atoms with van der Waals surface area (Å²) < 4.78 is 5.50. The molecular formula is C9H19NO2. The van der Waals surface area contributed by atoms with E-state index in [1.807, 2.05) is 21.0 Å². The smallest absolute Gasteiger partial charge is 0.0954 e. The minimum atomic E-state index is -0.351. The molecule has 1 aliphatic heterocycles. The highest BCUT2D eigenvalue weighted by Gasteiger charge is 2.34. The summed E-state index contributed by atoms with van der Waals surface area (Å²) in [6, 6.07) is 0.240. The Labute approximate surface area is 74.3 Å². The molecule has 0 aromatic carbocycles. The number of likely N-dealkylation sites (N-methyl/N-ethyl adjacent to an activating group) is 1. The SMILES string of the molecule is CC1CC(N(C)C)C(O)[C@@H](C)O1. The molecule has 3 heteroatoms. The summed E-state index contributed by atoms with van der Waals surface area (Å²) >= 11 is 0. The number of hydrogen-bond acceptors (Lipinski definition) is 3. The number of nitrogens with zero attached hydrogens (tertiary/aromatic N) is 1. The molecule has 1 saturated heterocycles. The fourth-order valence-electron chi connectivity index (χ4n) is 1.81. The van der Waals surface area contributed by atoms with E-state index in [-0.39, 0.29) is 24.4 Å². The normalized spacial score (nSPS) is 43.5. The van der Waals surface area contributed by atoms with Crippen molar-refractivity contribution in [2.75, 3.05) is 14.1 Å². The molecule has 12 heavy (non-hydrogen) atoms. The van der Waals surface area contributed by atoms with E-state index in [0.29, 0.717) is 0 Å². The molecule has 0 spiro atoms. The second kappa shape index (κ2) is 3.73. The largest absolute Gasteiger partial charge is 0.389 e. The van der Waals surface area contributed by atoms with E-state index in [0.717, 1.165) is 6.42 Å². The molecule has 1 aliphatic rings. The van der Waals surface area contributed by atoms with Gasteiger partial charge in [-0.2, -0.15) is 0 Å². The van der Waals surface area contributed by atoms with E-state index in [1.54, 1.807) is 0 Å². The van der Waals surface area contributed by atoms with Gasteiger partial charge in [0.2, 0.25) is 0 Å². The Morgan fingerprint density at radius 1 is 1.33 bits per heavy atom. The average molecular weight is 173 g/mol. The van der Waals surface area contributed by atoms with Crippen molar-refractivity contribution in [1.82, 2.24) is 4.90 Å². The predicted molar refractivity (Wildman–Crippen MR) is 48.1 cm³/mol. The Hall–Kier alpha value is -0.120. The van der Waals surface area contributed by atoms with Crippen LogP contribution in [-0.4, -0.2) is 48.5 Å². The fraction of sp³-hybridized carbons (Fsp3) is 1.00. The van der Waals surface area contributed by atoms with Crippen molar-refractivity contribution in [1.29, 1.82) is 0 Å². The van der Waals surface area contributed by atoms with Crippen LogP contribution in [0.15, 0.2) is 0 Å². The van der Waals surface area contributed by atoms with Crippen LogP contribution >= 0.6 is 0 Å². The lowest BCUT2D eigenvalue weighted by atomic mass is 9.96. The zero-order chi connectivity index (χ0) is 9.30. The van der Waals surface area contributed by atoms with Gasteiger partial charge in [0.05, 0.1) is 18.3 Å². The third-order valence-electron chi connectivity index (χ3n) is 2.56. The zero-order valence-electron chi connectivity index (χ0n) is 8.32. The van der Waals surface area contributed by atoms with Crippen LogP contribution in [0.3, 0.4) is 0 Å². The molecule has 3 unspecified atom stereocenters. The molecule has 4 atom stereocenters. The molecule has 0 amide bonds. The van der Waals surface area contributed by atoms with Crippen LogP contribution in [-0.2, 0) is 4.74 Å². The first kappa shape index (κ1) is 9.96. The molecule has 0 radical (unpaired) electrons. The Balaban J connectivity index is 2.60. The summed E-state index contributed by atoms with van der Waals surface area (Å²) in [5.41, 5.74) is 0. The number of hydrogen-bond donors (Lipinski definition) is 1. The van der Waals surface area contributed by atoms with Crippen molar-refractivity contribution in [2.24, 2.45) is 0 Å². The molecule has 0 saturated carbocycles. The van der Waals surface area contributed by atoms with Crippen LogP contribution in [0.25, 0.3) is 0 Å². The van der Waals surface area contributed by atoms with Gasteiger partial charge in [0, 0.05) is 6.04 Å². The lowest BCUT2D eigenvalue weighted by Crippen LogP contribution is -2.52. The third kappa shape index (κ3) is 1.97. The van der Waals surface area contributed by atoms with Gasteiger partial charge in [-0.15, -0.1) is 0 Å². The molecule has 1 rings (SSSR count). The average Bonchev–Trinajstić information content (AvgIpc) is 1.96. The van der Waals surface area contributed by atoms with Gasteiger partial charge in [-0.3, -0.25) is 0 Å². The fourth-order valence-corrected chi connectivity index (χ4v) is 1.81. The maximum atomic E-state index is 9.76. The van der Waals surface area contributed by atoms with Crippen molar-refractivity contribution in [2.45, 2.75) is 44.6 Å². The van der Waals surface area contributed by atoms with Gasteiger partial charge in [0.1, 0.15) is 0 Å². The van der Waals surface area contributed by atoms with Crippen molar-refractivity contribution in [3.63, 3.8) is 0 Å². The summed E-state index contributed by atoms with van der Waals surface area (Å²) in [4.78, 5) is 2.07. The quantitative estimate of drug-likeness (QED) is 0.626. The van der Waals surface area contributed by atoms with Crippen molar-refractivity contribution < 1.29 is 9.84 Å². The van der Waals surface area contributed by atoms with Gasteiger partial charge >= 0.3 is 0 Å². The summed E-state index contributed by atoms with van der Waals surface area (Å²) in [7, 11) is 4.00. The summed E-state index contributed by atoms with van der Waals surface area (Å²) in [5, 5.41) is 9.76. The van der Waals surface area contributed by atoms with Crippen LogP contribution in [0.5, 0.6) is 0 Å². The number of aliphatic hydroxyl groups excluding tert-OH is 1. The molecule has 72 valence electrons. The summed E-state index contributed by atoms with van der Waals surface area (Å²) in [5.74, 6) is 0. The highest BCUT2D eigenvalue weighted by molar-refractivity contribution is 4.86. The molecule has 1 fully saturated rings. The molecule has 1 N–H and O–H groups in total. The second-order valence-corrected chi connectivity index (χ2v) is 3.91. The first-order valence-electron chi connectivity index (χ1n) is 4.52. The van der Waals surface area contributed by atoms with E-state index < -0.39 is 0 Å². The van der Waals surface area contributed by atoms with Gasteiger partial charge in [-0.05, 0) is 34.4 Å². The van der Waals surface area contributed by atoms with E-state index >= 15 is 0 Å².